The minimum absolute atomic E-state index is 0.0844. The molecule has 0 fully saturated rings. The summed E-state index contributed by atoms with van der Waals surface area (Å²) in [6, 6.07) is 0. The molecular formula is C9H7ClF2N2. The summed E-state index contributed by atoms with van der Waals surface area (Å²) in [6.07, 6.45) is 1.40. The predicted octanol–water partition coefficient (Wildman–Crippen LogP) is 2.81. The molecule has 0 saturated heterocycles. The standard InChI is InChI=1S/C9H7ClF2N2/c1-4-6(11)5(10)9-8(7(4)12)13-3-14(9)2/h3H,1-2H3. The second-order valence-electron chi connectivity index (χ2n) is 3.12. The van der Waals surface area contributed by atoms with Gasteiger partial charge in [-0.15, -0.1) is 0 Å². The molecule has 0 saturated carbocycles. The molecule has 0 amide bonds. The quantitative estimate of drug-likeness (QED) is 0.620. The molecule has 0 aliphatic rings. The van der Waals surface area contributed by atoms with Crippen molar-refractivity contribution in [3.8, 4) is 0 Å². The zero-order valence-electron chi connectivity index (χ0n) is 7.61. The van der Waals surface area contributed by atoms with Gasteiger partial charge in [-0.2, -0.15) is 0 Å². The number of aromatic nitrogens is 2. The minimum atomic E-state index is -0.722. The molecule has 0 radical (unpaired) electrons. The molecule has 0 atom stereocenters. The van der Waals surface area contributed by atoms with Gasteiger partial charge in [0, 0.05) is 12.6 Å². The van der Waals surface area contributed by atoms with Crippen LogP contribution in [0.25, 0.3) is 11.0 Å². The third-order valence-corrected chi connectivity index (χ3v) is 2.55. The van der Waals surface area contributed by atoms with Gasteiger partial charge in [0.2, 0.25) is 0 Å². The summed E-state index contributed by atoms with van der Waals surface area (Å²) in [5, 5.41) is -0.0844. The molecule has 1 aromatic heterocycles. The van der Waals surface area contributed by atoms with Crippen LogP contribution < -0.4 is 0 Å². The Hall–Kier alpha value is -1.16. The maximum absolute atomic E-state index is 13.5. The summed E-state index contributed by atoms with van der Waals surface area (Å²) in [6.45, 7) is 1.34. The van der Waals surface area contributed by atoms with E-state index in [1.165, 1.54) is 17.8 Å². The van der Waals surface area contributed by atoms with Gasteiger partial charge in [0.1, 0.15) is 16.4 Å². The van der Waals surface area contributed by atoms with Crippen molar-refractivity contribution in [2.24, 2.45) is 7.05 Å². The van der Waals surface area contributed by atoms with Crippen molar-refractivity contribution in [1.82, 2.24) is 9.55 Å². The van der Waals surface area contributed by atoms with E-state index < -0.39 is 11.6 Å². The van der Waals surface area contributed by atoms with Gasteiger partial charge < -0.3 is 4.57 Å². The van der Waals surface area contributed by atoms with Crippen LogP contribution >= 0.6 is 11.6 Å². The third-order valence-electron chi connectivity index (χ3n) is 2.20. The lowest BCUT2D eigenvalue weighted by molar-refractivity contribution is 0.575. The summed E-state index contributed by atoms with van der Waals surface area (Å²) < 4.78 is 28.3. The van der Waals surface area contributed by atoms with Crippen molar-refractivity contribution in [3.05, 3.63) is 28.5 Å². The Morgan fingerprint density at radius 1 is 1.36 bits per heavy atom. The van der Waals surface area contributed by atoms with Crippen LogP contribution in [0.5, 0.6) is 0 Å². The highest BCUT2D eigenvalue weighted by Gasteiger charge is 2.18. The second kappa shape index (κ2) is 2.92. The number of benzene rings is 1. The number of aryl methyl sites for hydroxylation is 1. The van der Waals surface area contributed by atoms with Gasteiger partial charge in [-0.1, -0.05) is 11.6 Å². The molecule has 0 aliphatic carbocycles. The summed E-state index contributed by atoms with van der Waals surface area (Å²) >= 11 is 5.75. The van der Waals surface area contributed by atoms with Gasteiger partial charge in [-0.05, 0) is 6.92 Å². The van der Waals surface area contributed by atoms with Crippen LogP contribution in [0.15, 0.2) is 6.33 Å². The summed E-state index contributed by atoms with van der Waals surface area (Å²) in [5.74, 6) is -1.37. The van der Waals surface area contributed by atoms with Crippen LogP contribution in [-0.4, -0.2) is 9.55 Å². The second-order valence-corrected chi connectivity index (χ2v) is 3.50. The van der Waals surface area contributed by atoms with Crippen LogP contribution in [0.4, 0.5) is 8.78 Å². The molecule has 1 aromatic carbocycles. The molecular weight excluding hydrogens is 210 g/mol. The van der Waals surface area contributed by atoms with Gasteiger partial charge >= 0.3 is 0 Å². The zero-order chi connectivity index (χ0) is 10.5. The Morgan fingerprint density at radius 3 is 2.64 bits per heavy atom. The lowest BCUT2D eigenvalue weighted by Crippen LogP contribution is -1.95. The zero-order valence-corrected chi connectivity index (χ0v) is 8.36. The van der Waals surface area contributed by atoms with E-state index in [0.29, 0.717) is 0 Å². The first kappa shape index (κ1) is 9.40. The maximum atomic E-state index is 13.5. The first-order valence-corrected chi connectivity index (χ1v) is 4.36. The SMILES string of the molecule is Cc1c(F)c(Cl)c2c(ncn2C)c1F. The molecule has 0 unspecified atom stereocenters. The molecule has 2 rings (SSSR count). The van der Waals surface area contributed by atoms with E-state index >= 15 is 0 Å². The highest BCUT2D eigenvalue weighted by Crippen LogP contribution is 2.30. The smallest absolute Gasteiger partial charge is 0.156 e. The topological polar surface area (TPSA) is 17.8 Å². The summed E-state index contributed by atoms with van der Waals surface area (Å²) in [7, 11) is 1.63. The molecule has 2 aromatic rings. The number of rotatable bonds is 0. The average molecular weight is 217 g/mol. The number of hydrogen-bond acceptors (Lipinski definition) is 1. The Balaban J connectivity index is 3.05. The van der Waals surface area contributed by atoms with Crippen molar-refractivity contribution < 1.29 is 8.78 Å². The molecule has 0 N–H and O–H groups in total. The highest BCUT2D eigenvalue weighted by molar-refractivity contribution is 6.35. The third kappa shape index (κ3) is 1.04. The Labute approximate surface area is 84.1 Å². The van der Waals surface area contributed by atoms with Crippen molar-refractivity contribution >= 4 is 22.6 Å². The average Bonchev–Trinajstić information content (AvgIpc) is 2.54. The van der Waals surface area contributed by atoms with E-state index in [2.05, 4.69) is 4.98 Å². The minimum Gasteiger partial charge on any atom is -0.332 e. The lowest BCUT2D eigenvalue weighted by Gasteiger charge is -2.04. The fourth-order valence-electron chi connectivity index (χ4n) is 1.39. The van der Waals surface area contributed by atoms with Crippen molar-refractivity contribution in [2.75, 3.05) is 0 Å². The Bertz CT molecular complexity index is 519. The van der Waals surface area contributed by atoms with Crippen molar-refractivity contribution in [3.63, 3.8) is 0 Å². The van der Waals surface area contributed by atoms with Gasteiger partial charge in [0.15, 0.2) is 5.82 Å². The van der Waals surface area contributed by atoms with Crippen LogP contribution in [-0.2, 0) is 7.05 Å². The normalized spacial score (nSPS) is 11.2. The van der Waals surface area contributed by atoms with Crippen molar-refractivity contribution in [1.29, 1.82) is 0 Å². The van der Waals surface area contributed by atoms with Gasteiger partial charge in [-0.3, -0.25) is 0 Å². The summed E-state index contributed by atoms with van der Waals surface area (Å²) in [4.78, 5) is 3.82. The maximum Gasteiger partial charge on any atom is 0.156 e. The van der Waals surface area contributed by atoms with Crippen LogP contribution in [0, 0.1) is 18.6 Å². The van der Waals surface area contributed by atoms with Crippen LogP contribution in [0.3, 0.4) is 0 Å². The first-order valence-electron chi connectivity index (χ1n) is 3.98. The molecule has 0 aliphatic heterocycles. The molecule has 0 bridgehead atoms. The number of halogens is 3. The Morgan fingerprint density at radius 2 is 2.00 bits per heavy atom. The van der Waals surface area contributed by atoms with Gasteiger partial charge in [0.05, 0.1) is 11.8 Å². The number of hydrogen-bond donors (Lipinski definition) is 0. The van der Waals surface area contributed by atoms with E-state index in [0.717, 1.165) is 0 Å². The van der Waals surface area contributed by atoms with E-state index in [1.54, 1.807) is 7.05 Å². The lowest BCUT2D eigenvalue weighted by atomic mass is 10.2. The number of nitrogens with zero attached hydrogens (tertiary/aromatic N) is 2. The van der Waals surface area contributed by atoms with E-state index in [1.807, 2.05) is 0 Å². The molecule has 14 heavy (non-hydrogen) atoms. The Kier molecular flexibility index (Phi) is 1.96. The molecule has 74 valence electrons. The van der Waals surface area contributed by atoms with Gasteiger partial charge in [-0.25, -0.2) is 13.8 Å². The molecule has 2 nitrogen and oxygen atoms in total. The highest BCUT2D eigenvalue weighted by atomic mass is 35.5. The van der Waals surface area contributed by atoms with E-state index in [-0.39, 0.29) is 21.6 Å². The largest absolute Gasteiger partial charge is 0.332 e. The van der Waals surface area contributed by atoms with E-state index in [4.69, 9.17) is 11.6 Å². The van der Waals surface area contributed by atoms with Crippen LogP contribution in [0.1, 0.15) is 5.56 Å². The molecule has 1 heterocycles. The predicted molar refractivity (Wildman–Crippen MR) is 50.4 cm³/mol. The fourth-order valence-corrected chi connectivity index (χ4v) is 1.76. The number of imidazole rings is 1. The monoisotopic (exact) mass is 216 g/mol. The van der Waals surface area contributed by atoms with Crippen LogP contribution in [0.2, 0.25) is 5.02 Å². The summed E-state index contributed by atoms with van der Waals surface area (Å²) in [5.41, 5.74) is 0.296. The molecule has 0 spiro atoms. The fraction of sp³-hybridized carbons (Fsp3) is 0.222. The number of fused-ring (bicyclic) bond motifs is 1. The van der Waals surface area contributed by atoms with Gasteiger partial charge in [0.25, 0.3) is 0 Å². The van der Waals surface area contributed by atoms with E-state index in [9.17, 15) is 8.78 Å². The van der Waals surface area contributed by atoms with Crippen molar-refractivity contribution in [2.45, 2.75) is 6.92 Å². The molecule has 5 heteroatoms. The first-order chi connectivity index (χ1) is 6.54.